The number of hydrogen-bond acceptors (Lipinski definition) is 4. The first-order valence-electron chi connectivity index (χ1n) is 7.08. The monoisotopic (exact) mass is 298 g/mol. The first-order valence-corrected chi connectivity index (χ1v) is 8.90. The molecule has 2 fully saturated rings. The summed E-state index contributed by atoms with van der Waals surface area (Å²) < 4.78 is 23.2. The van der Waals surface area contributed by atoms with E-state index in [-0.39, 0.29) is 30.0 Å². The lowest BCUT2D eigenvalue weighted by molar-refractivity contribution is -0.140. The Labute approximate surface area is 121 Å². The maximum Gasteiger partial charge on any atom is 0.243 e. The van der Waals surface area contributed by atoms with E-state index in [0.717, 1.165) is 25.8 Å². The number of nitrogens with zero attached hydrogens (tertiary/aromatic N) is 1. The summed E-state index contributed by atoms with van der Waals surface area (Å²) in [7, 11) is -3.03. The van der Waals surface area contributed by atoms with Crippen molar-refractivity contribution in [2.24, 2.45) is 0 Å². The number of piperidine rings is 1. The quantitative estimate of drug-likeness (QED) is 0.754. The highest BCUT2D eigenvalue weighted by atomic mass is 32.2. The molecule has 6 heteroatoms. The first kappa shape index (κ1) is 15.3. The topological polar surface area (TPSA) is 66.5 Å². The van der Waals surface area contributed by atoms with Crippen LogP contribution in [0.4, 0.5) is 0 Å². The SMILES string of the molecule is C#CCN(C(=O)C1(C)CCCCN1)C1CCS(=O)(=O)C1. The Morgan fingerprint density at radius 2 is 2.25 bits per heavy atom. The van der Waals surface area contributed by atoms with Crippen LogP contribution < -0.4 is 5.32 Å². The highest BCUT2D eigenvalue weighted by molar-refractivity contribution is 7.91. The lowest BCUT2D eigenvalue weighted by Crippen LogP contribution is -2.60. The Bertz CT molecular complexity index is 515. The minimum atomic E-state index is -3.03. The van der Waals surface area contributed by atoms with E-state index in [4.69, 9.17) is 6.42 Å². The van der Waals surface area contributed by atoms with Crippen LogP contribution in [0.5, 0.6) is 0 Å². The van der Waals surface area contributed by atoms with E-state index in [0.29, 0.717) is 6.42 Å². The number of terminal acetylenes is 1. The van der Waals surface area contributed by atoms with Crippen LogP contribution in [0, 0.1) is 12.3 Å². The summed E-state index contributed by atoms with van der Waals surface area (Å²) in [6.07, 6.45) is 8.69. The van der Waals surface area contributed by atoms with Gasteiger partial charge in [0.15, 0.2) is 9.84 Å². The van der Waals surface area contributed by atoms with Crippen LogP contribution in [-0.4, -0.2) is 55.4 Å². The van der Waals surface area contributed by atoms with Crippen molar-refractivity contribution in [2.75, 3.05) is 24.6 Å². The van der Waals surface area contributed by atoms with Gasteiger partial charge in [-0.15, -0.1) is 6.42 Å². The Kier molecular flexibility index (Phi) is 4.40. The van der Waals surface area contributed by atoms with Crippen molar-refractivity contribution in [3.05, 3.63) is 0 Å². The number of nitrogens with one attached hydrogen (secondary N) is 1. The molecule has 2 heterocycles. The van der Waals surface area contributed by atoms with E-state index < -0.39 is 15.4 Å². The molecule has 5 nitrogen and oxygen atoms in total. The zero-order valence-corrected chi connectivity index (χ0v) is 12.7. The number of amides is 1. The largest absolute Gasteiger partial charge is 0.326 e. The molecule has 0 aromatic carbocycles. The van der Waals surface area contributed by atoms with Crippen molar-refractivity contribution >= 4 is 15.7 Å². The number of hydrogen-bond donors (Lipinski definition) is 1. The van der Waals surface area contributed by atoms with Gasteiger partial charge >= 0.3 is 0 Å². The molecule has 0 spiro atoms. The van der Waals surface area contributed by atoms with Crippen LogP contribution in [0.1, 0.15) is 32.6 Å². The Balaban J connectivity index is 2.16. The predicted molar refractivity (Wildman–Crippen MR) is 77.9 cm³/mol. The molecule has 0 bridgehead atoms. The van der Waals surface area contributed by atoms with Gasteiger partial charge in [-0.25, -0.2) is 8.42 Å². The molecule has 1 N–H and O–H groups in total. The number of carbonyl (C=O) groups is 1. The van der Waals surface area contributed by atoms with Gasteiger partial charge < -0.3 is 10.2 Å². The second-order valence-corrected chi connectivity index (χ2v) is 8.14. The lowest BCUT2D eigenvalue weighted by Gasteiger charge is -2.39. The van der Waals surface area contributed by atoms with Crippen molar-refractivity contribution < 1.29 is 13.2 Å². The summed E-state index contributed by atoms with van der Waals surface area (Å²) in [5.41, 5.74) is -0.610. The van der Waals surface area contributed by atoms with Crippen molar-refractivity contribution in [1.29, 1.82) is 0 Å². The average molecular weight is 298 g/mol. The molecule has 1 amide bonds. The first-order chi connectivity index (χ1) is 9.38. The van der Waals surface area contributed by atoms with Gasteiger partial charge in [0.05, 0.1) is 23.6 Å². The Morgan fingerprint density at radius 1 is 1.50 bits per heavy atom. The predicted octanol–water partition coefficient (Wildman–Crippen LogP) is 0.168. The van der Waals surface area contributed by atoms with Crippen molar-refractivity contribution in [1.82, 2.24) is 10.2 Å². The van der Waals surface area contributed by atoms with Gasteiger partial charge in [0.2, 0.25) is 5.91 Å². The van der Waals surface area contributed by atoms with E-state index in [1.807, 2.05) is 6.92 Å². The highest BCUT2D eigenvalue weighted by Gasteiger charge is 2.42. The molecule has 2 aliphatic heterocycles. The van der Waals surface area contributed by atoms with Gasteiger partial charge in [-0.05, 0) is 39.2 Å². The van der Waals surface area contributed by atoms with E-state index >= 15 is 0 Å². The van der Waals surface area contributed by atoms with Gasteiger partial charge in [-0.1, -0.05) is 5.92 Å². The molecule has 2 rings (SSSR count). The summed E-state index contributed by atoms with van der Waals surface area (Å²) in [5.74, 6) is 2.62. The molecule has 2 saturated heterocycles. The fourth-order valence-corrected chi connectivity index (χ4v) is 4.77. The van der Waals surface area contributed by atoms with Crippen LogP contribution in [0.25, 0.3) is 0 Å². The fraction of sp³-hybridized carbons (Fsp3) is 0.786. The van der Waals surface area contributed by atoms with E-state index in [1.54, 1.807) is 4.90 Å². The molecule has 2 unspecified atom stereocenters. The molecule has 0 aliphatic carbocycles. The fourth-order valence-electron chi connectivity index (χ4n) is 3.04. The van der Waals surface area contributed by atoms with Crippen LogP contribution in [0.15, 0.2) is 0 Å². The number of carbonyl (C=O) groups excluding carboxylic acids is 1. The van der Waals surface area contributed by atoms with E-state index in [2.05, 4.69) is 11.2 Å². The smallest absolute Gasteiger partial charge is 0.243 e. The summed E-state index contributed by atoms with van der Waals surface area (Å²) in [4.78, 5) is 14.4. The highest BCUT2D eigenvalue weighted by Crippen LogP contribution is 2.25. The normalized spacial score (nSPS) is 32.5. The third-order valence-corrected chi connectivity index (χ3v) is 6.01. The zero-order valence-electron chi connectivity index (χ0n) is 11.9. The Morgan fingerprint density at radius 3 is 2.75 bits per heavy atom. The second kappa shape index (κ2) is 5.74. The van der Waals surface area contributed by atoms with Crippen LogP contribution in [0.3, 0.4) is 0 Å². The molecule has 0 aromatic rings. The molecule has 112 valence electrons. The Hall–Kier alpha value is -1.06. The molecule has 0 saturated carbocycles. The molecular formula is C14H22N2O3S. The summed E-state index contributed by atoms with van der Waals surface area (Å²) >= 11 is 0. The van der Waals surface area contributed by atoms with Gasteiger partial charge in [0, 0.05) is 6.04 Å². The molecular weight excluding hydrogens is 276 g/mol. The van der Waals surface area contributed by atoms with Crippen molar-refractivity contribution in [3.8, 4) is 12.3 Å². The zero-order chi connectivity index (χ0) is 14.8. The van der Waals surface area contributed by atoms with Gasteiger partial charge in [-0.3, -0.25) is 4.79 Å². The minimum Gasteiger partial charge on any atom is -0.326 e. The molecule has 2 atom stereocenters. The molecule has 2 aliphatic rings. The summed E-state index contributed by atoms with van der Waals surface area (Å²) in [6.45, 7) is 2.88. The van der Waals surface area contributed by atoms with Crippen molar-refractivity contribution in [3.63, 3.8) is 0 Å². The third-order valence-electron chi connectivity index (χ3n) is 4.26. The van der Waals surface area contributed by atoms with Gasteiger partial charge in [0.25, 0.3) is 0 Å². The van der Waals surface area contributed by atoms with Gasteiger partial charge in [0.1, 0.15) is 0 Å². The minimum absolute atomic E-state index is 0.0382. The van der Waals surface area contributed by atoms with E-state index in [1.165, 1.54) is 0 Å². The standard InChI is InChI=1S/C14H22N2O3S/c1-3-9-16(12-6-10-20(18,19)11-12)13(17)14(2)7-4-5-8-15-14/h1,12,15H,4-11H2,2H3. The van der Waals surface area contributed by atoms with E-state index in [9.17, 15) is 13.2 Å². The second-order valence-electron chi connectivity index (χ2n) is 5.91. The summed E-state index contributed by atoms with van der Waals surface area (Å²) in [6, 6.07) is -0.274. The van der Waals surface area contributed by atoms with Crippen LogP contribution in [-0.2, 0) is 14.6 Å². The van der Waals surface area contributed by atoms with Crippen molar-refractivity contribution in [2.45, 2.75) is 44.2 Å². The average Bonchev–Trinajstić information content (AvgIpc) is 2.76. The maximum absolute atomic E-state index is 12.8. The van der Waals surface area contributed by atoms with Crippen LogP contribution in [0.2, 0.25) is 0 Å². The van der Waals surface area contributed by atoms with Gasteiger partial charge in [-0.2, -0.15) is 0 Å². The molecule has 0 aromatic heterocycles. The molecule has 0 radical (unpaired) electrons. The number of sulfone groups is 1. The molecule has 20 heavy (non-hydrogen) atoms. The lowest BCUT2D eigenvalue weighted by atomic mass is 9.89. The third kappa shape index (κ3) is 3.15. The maximum atomic E-state index is 12.8. The van der Waals surface area contributed by atoms with Crippen LogP contribution >= 0.6 is 0 Å². The summed E-state index contributed by atoms with van der Waals surface area (Å²) in [5, 5.41) is 3.27. The number of rotatable bonds is 3.